The van der Waals surface area contributed by atoms with Gasteiger partial charge in [-0.25, -0.2) is 8.78 Å². The van der Waals surface area contributed by atoms with Crippen molar-refractivity contribution >= 4 is 0 Å². The second kappa shape index (κ2) is 4.00. The van der Waals surface area contributed by atoms with Crippen molar-refractivity contribution in [2.75, 3.05) is 6.54 Å². The van der Waals surface area contributed by atoms with E-state index in [2.05, 4.69) is 0 Å². The molecular formula is C12H21F2N. The maximum atomic E-state index is 13.1. The Labute approximate surface area is 90.4 Å². The van der Waals surface area contributed by atoms with Crippen molar-refractivity contribution in [1.82, 2.24) is 0 Å². The van der Waals surface area contributed by atoms with Crippen molar-refractivity contribution in [3.63, 3.8) is 0 Å². The fraction of sp³-hybridized carbons (Fsp3) is 1.00. The molecule has 0 aliphatic heterocycles. The van der Waals surface area contributed by atoms with Crippen LogP contribution in [0.4, 0.5) is 8.78 Å². The first-order chi connectivity index (χ1) is 7.08. The van der Waals surface area contributed by atoms with Crippen molar-refractivity contribution in [2.24, 2.45) is 17.1 Å². The van der Waals surface area contributed by atoms with Gasteiger partial charge in [0, 0.05) is 12.8 Å². The number of rotatable bonds is 2. The molecule has 2 N–H and O–H groups in total. The summed E-state index contributed by atoms with van der Waals surface area (Å²) in [5, 5.41) is 0. The molecule has 2 rings (SSSR count). The SMILES string of the molecule is NCC1(C2CCC(F)(F)CC2)CCCC1. The molecule has 15 heavy (non-hydrogen) atoms. The molecule has 3 heteroatoms. The molecule has 0 amide bonds. The molecule has 0 spiro atoms. The lowest BCUT2D eigenvalue weighted by atomic mass is 9.67. The molecule has 0 atom stereocenters. The van der Waals surface area contributed by atoms with Crippen molar-refractivity contribution in [3.05, 3.63) is 0 Å². The fourth-order valence-corrected chi connectivity index (χ4v) is 3.51. The maximum absolute atomic E-state index is 13.1. The normalized spacial score (nSPS) is 30.6. The lowest BCUT2D eigenvalue weighted by Gasteiger charge is -2.41. The van der Waals surface area contributed by atoms with Gasteiger partial charge < -0.3 is 5.73 Å². The second-order valence-electron chi connectivity index (χ2n) is 5.40. The maximum Gasteiger partial charge on any atom is 0.248 e. The van der Waals surface area contributed by atoms with Gasteiger partial charge in [-0.05, 0) is 43.6 Å². The third kappa shape index (κ3) is 2.17. The highest BCUT2D eigenvalue weighted by molar-refractivity contribution is 4.94. The van der Waals surface area contributed by atoms with Gasteiger partial charge in [0.15, 0.2) is 0 Å². The molecule has 2 fully saturated rings. The van der Waals surface area contributed by atoms with E-state index in [0.29, 0.717) is 25.3 Å². The fourth-order valence-electron chi connectivity index (χ4n) is 3.51. The molecule has 0 radical (unpaired) electrons. The molecule has 0 saturated heterocycles. The van der Waals surface area contributed by atoms with Crippen LogP contribution in [0.15, 0.2) is 0 Å². The minimum absolute atomic E-state index is 0.0828. The average Bonchev–Trinajstić information content (AvgIpc) is 2.67. The van der Waals surface area contributed by atoms with Crippen LogP contribution in [0, 0.1) is 11.3 Å². The zero-order valence-corrected chi connectivity index (χ0v) is 9.27. The van der Waals surface area contributed by atoms with E-state index in [1.165, 1.54) is 25.7 Å². The molecule has 0 unspecified atom stereocenters. The molecule has 88 valence electrons. The van der Waals surface area contributed by atoms with Crippen LogP contribution in [-0.4, -0.2) is 12.5 Å². The number of hydrogen-bond acceptors (Lipinski definition) is 1. The Kier molecular flexibility index (Phi) is 3.02. The van der Waals surface area contributed by atoms with Crippen molar-refractivity contribution in [3.8, 4) is 0 Å². The van der Waals surface area contributed by atoms with E-state index in [0.717, 1.165) is 0 Å². The highest BCUT2D eigenvalue weighted by Crippen LogP contribution is 2.51. The zero-order chi connectivity index (χ0) is 10.9. The second-order valence-corrected chi connectivity index (χ2v) is 5.40. The van der Waals surface area contributed by atoms with Crippen LogP contribution >= 0.6 is 0 Å². The molecular weight excluding hydrogens is 196 g/mol. The van der Waals surface area contributed by atoms with Gasteiger partial charge >= 0.3 is 0 Å². The third-order valence-electron chi connectivity index (χ3n) is 4.59. The van der Waals surface area contributed by atoms with Crippen LogP contribution in [0.25, 0.3) is 0 Å². The van der Waals surface area contributed by atoms with E-state index in [1.54, 1.807) is 0 Å². The van der Waals surface area contributed by atoms with Crippen LogP contribution in [-0.2, 0) is 0 Å². The first-order valence-electron chi connectivity index (χ1n) is 6.16. The van der Waals surface area contributed by atoms with Gasteiger partial charge in [0.25, 0.3) is 0 Å². The summed E-state index contributed by atoms with van der Waals surface area (Å²) in [5.74, 6) is -1.94. The summed E-state index contributed by atoms with van der Waals surface area (Å²) >= 11 is 0. The van der Waals surface area contributed by atoms with Gasteiger partial charge in [-0.15, -0.1) is 0 Å². The highest BCUT2D eigenvalue weighted by atomic mass is 19.3. The van der Waals surface area contributed by atoms with E-state index < -0.39 is 5.92 Å². The highest BCUT2D eigenvalue weighted by Gasteiger charge is 2.45. The average molecular weight is 217 g/mol. The predicted octanol–water partition coefficient (Wildman–Crippen LogP) is 3.33. The summed E-state index contributed by atoms with van der Waals surface area (Å²) in [4.78, 5) is 0. The first kappa shape index (κ1) is 11.3. The molecule has 0 heterocycles. The zero-order valence-electron chi connectivity index (χ0n) is 9.27. The van der Waals surface area contributed by atoms with Gasteiger partial charge in [-0.1, -0.05) is 12.8 Å². The van der Waals surface area contributed by atoms with E-state index in [1.807, 2.05) is 0 Å². The molecule has 0 aromatic rings. The standard InChI is InChI=1S/C12H21F2N/c13-12(14)7-3-10(4-8-12)11(9-15)5-1-2-6-11/h10H,1-9,15H2. The smallest absolute Gasteiger partial charge is 0.248 e. The molecule has 0 bridgehead atoms. The molecule has 0 aromatic heterocycles. The molecule has 2 saturated carbocycles. The van der Waals surface area contributed by atoms with Crippen LogP contribution < -0.4 is 5.73 Å². The Morgan fingerprint density at radius 3 is 2.00 bits per heavy atom. The topological polar surface area (TPSA) is 26.0 Å². The number of alkyl halides is 2. The van der Waals surface area contributed by atoms with Gasteiger partial charge in [-0.2, -0.15) is 0 Å². The van der Waals surface area contributed by atoms with Gasteiger partial charge in [0.05, 0.1) is 0 Å². The number of hydrogen-bond donors (Lipinski definition) is 1. The predicted molar refractivity (Wildman–Crippen MR) is 56.9 cm³/mol. The minimum Gasteiger partial charge on any atom is -0.330 e. The monoisotopic (exact) mass is 217 g/mol. The van der Waals surface area contributed by atoms with E-state index >= 15 is 0 Å². The quantitative estimate of drug-likeness (QED) is 0.754. The lowest BCUT2D eigenvalue weighted by molar-refractivity contribution is -0.0627. The summed E-state index contributed by atoms with van der Waals surface area (Å²) in [6.45, 7) is 0.698. The molecule has 2 aliphatic carbocycles. The first-order valence-corrected chi connectivity index (χ1v) is 6.16. The summed E-state index contributed by atoms with van der Waals surface area (Å²) < 4.78 is 26.1. The van der Waals surface area contributed by atoms with E-state index in [-0.39, 0.29) is 18.3 Å². The largest absolute Gasteiger partial charge is 0.330 e. The van der Waals surface area contributed by atoms with Crippen molar-refractivity contribution in [1.29, 1.82) is 0 Å². The Balaban J connectivity index is 1.99. The Morgan fingerprint density at radius 2 is 1.53 bits per heavy atom. The summed E-state index contributed by atoms with van der Waals surface area (Å²) in [6.07, 6.45) is 6.35. The van der Waals surface area contributed by atoms with Gasteiger partial charge in [0.2, 0.25) is 5.92 Å². The van der Waals surface area contributed by atoms with Crippen molar-refractivity contribution < 1.29 is 8.78 Å². The Hall–Kier alpha value is -0.180. The van der Waals surface area contributed by atoms with Crippen LogP contribution in [0.2, 0.25) is 0 Å². The molecule has 2 aliphatic rings. The minimum atomic E-state index is -2.40. The number of nitrogens with two attached hydrogens (primary N) is 1. The summed E-state index contributed by atoms with van der Waals surface area (Å²) in [6, 6.07) is 0. The van der Waals surface area contributed by atoms with Gasteiger partial charge in [-0.3, -0.25) is 0 Å². The molecule has 1 nitrogen and oxygen atoms in total. The Morgan fingerprint density at radius 1 is 1.00 bits per heavy atom. The van der Waals surface area contributed by atoms with Crippen LogP contribution in [0.1, 0.15) is 51.4 Å². The molecule has 0 aromatic carbocycles. The van der Waals surface area contributed by atoms with Crippen LogP contribution in [0.5, 0.6) is 0 Å². The van der Waals surface area contributed by atoms with E-state index in [4.69, 9.17) is 5.73 Å². The summed E-state index contributed by atoms with van der Waals surface area (Å²) in [7, 11) is 0. The van der Waals surface area contributed by atoms with E-state index in [9.17, 15) is 8.78 Å². The summed E-state index contributed by atoms with van der Waals surface area (Å²) in [5.41, 5.74) is 6.10. The van der Waals surface area contributed by atoms with Gasteiger partial charge in [0.1, 0.15) is 0 Å². The number of halogens is 2. The third-order valence-corrected chi connectivity index (χ3v) is 4.59. The Bertz CT molecular complexity index is 212. The van der Waals surface area contributed by atoms with Crippen LogP contribution in [0.3, 0.4) is 0 Å². The lowest BCUT2D eigenvalue weighted by Crippen LogP contribution is -2.39. The van der Waals surface area contributed by atoms with Crippen molar-refractivity contribution in [2.45, 2.75) is 57.3 Å².